The van der Waals surface area contributed by atoms with E-state index in [1.165, 1.54) is 6.08 Å². The predicted octanol–water partition coefficient (Wildman–Crippen LogP) is 0.767. The van der Waals surface area contributed by atoms with Crippen molar-refractivity contribution >= 4 is 5.78 Å². The third-order valence-corrected chi connectivity index (χ3v) is 4.70. The van der Waals surface area contributed by atoms with Crippen molar-refractivity contribution < 1.29 is 24.9 Å². The Labute approximate surface area is 119 Å². The second-order valence-electron chi connectivity index (χ2n) is 6.66. The van der Waals surface area contributed by atoms with Gasteiger partial charge in [-0.05, 0) is 45.6 Å². The predicted molar refractivity (Wildman–Crippen MR) is 72.8 cm³/mol. The number of aliphatic hydroxyl groups is 3. The first kappa shape index (κ1) is 15.6. The summed E-state index contributed by atoms with van der Waals surface area (Å²) in [5, 5.41) is 30.9. The van der Waals surface area contributed by atoms with E-state index in [0.29, 0.717) is 12.8 Å². The van der Waals surface area contributed by atoms with Gasteiger partial charge in [0, 0.05) is 5.92 Å². The number of carbonyl (C=O) groups excluding carboxylic acids is 1. The second kappa shape index (κ2) is 4.91. The molecule has 1 saturated heterocycles. The van der Waals surface area contributed by atoms with E-state index in [2.05, 4.69) is 0 Å². The largest absolute Gasteiger partial charge is 0.387 e. The SMILES string of the molecule is CC(C)=CC(=O)[C@@]1(O)O[C@H]2[C@H](CC[C@](C)(O)[C@@H]2O)[C@@H]1C. The van der Waals surface area contributed by atoms with Crippen molar-refractivity contribution in [2.24, 2.45) is 11.8 Å². The molecule has 0 aromatic heterocycles. The molecular weight excluding hydrogens is 260 g/mol. The zero-order valence-electron chi connectivity index (χ0n) is 12.5. The van der Waals surface area contributed by atoms with Gasteiger partial charge >= 0.3 is 0 Å². The Morgan fingerprint density at radius 3 is 2.50 bits per heavy atom. The smallest absolute Gasteiger partial charge is 0.233 e. The van der Waals surface area contributed by atoms with Crippen LogP contribution >= 0.6 is 0 Å². The average molecular weight is 284 g/mol. The van der Waals surface area contributed by atoms with Crippen LogP contribution in [0.5, 0.6) is 0 Å². The Morgan fingerprint density at radius 1 is 1.35 bits per heavy atom. The number of ether oxygens (including phenoxy) is 1. The zero-order chi connectivity index (χ0) is 15.3. The maximum atomic E-state index is 12.2. The van der Waals surface area contributed by atoms with Crippen molar-refractivity contribution in [3.8, 4) is 0 Å². The quantitative estimate of drug-likeness (QED) is 0.652. The molecule has 0 aromatic carbocycles. The van der Waals surface area contributed by atoms with Crippen LogP contribution in [0.3, 0.4) is 0 Å². The molecular formula is C15H24O5. The van der Waals surface area contributed by atoms with Crippen LogP contribution in [0, 0.1) is 11.8 Å². The third kappa shape index (κ3) is 2.33. The maximum Gasteiger partial charge on any atom is 0.233 e. The minimum absolute atomic E-state index is 0.135. The molecule has 114 valence electrons. The fourth-order valence-electron chi connectivity index (χ4n) is 3.30. The van der Waals surface area contributed by atoms with Gasteiger partial charge in [-0.15, -0.1) is 0 Å². The molecule has 2 rings (SSSR count). The fourth-order valence-corrected chi connectivity index (χ4v) is 3.30. The lowest BCUT2D eigenvalue weighted by Gasteiger charge is -2.40. The van der Waals surface area contributed by atoms with E-state index in [9.17, 15) is 20.1 Å². The van der Waals surface area contributed by atoms with Crippen molar-refractivity contribution in [2.75, 3.05) is 0 Å². The fraction of sp³-hybridized carbons (Fsp3) is 0.800. The third-order valence-electron chi connectivity index (χ3n) is 4.70. The topological polar surface area (TPSA) is 87.0 Å². The summed E-state index contributed by atoms with van der Waals surface area (Å²) in [5.41, 5.74) is -0.465. The van der Waals surface area contributed by atoms with Crippen LogP contribution in [0.25, 0.3) is 0 Å². The molecule has 0 aromatic rings. The lowest BCUT2D eigenvalue weighted by molar-refractivity contribution is -0.230. The summed E-state index contributed by atoms with van der Waals surface area (Å²) < 4.78 is 5.53. The average Bonchev–Trinajstić information content (AvgIpc) is 2.59. The summed E-state index contributed by atoms with van der Waals surface area (Å²) in [6, 6.07) is 0. The van der Waals surface area contributed by atoms with Crippen molar-refractivity contribution in [3.63, 3.8) is 0 Å². The van der Waals surface area contributed by atoms with E-state index in [-0.39, 0.29) is 5.92 Å². The van der Waals surface area contributed by atoms with Crippen molar-refractivity contribution in [1.29, 1.82) is 0 Å². The standard InChI is InChI=1S/C15H24O5/c1-8(2)7-11(16)15(19)9(3)10-5-6-14(4,18)13(17)12(10)20-15/h7,9-10,12-13,17-19H,5-6H2,1-4H3/t9-,10+,12-,13+,14-,15-/m0/s1. The highest BCUT2D eigenvalue weighted by Gasteiger charge is 2.61. The molecule has 2 fully saturated rings. The molecule has 0 spiro atoms. The number of rotatable bonds is 2. The number of ketones is 1. The Bertz CT molecular complexity index is 438. The molecule has 0 bridgehead atoms. The highest BCUT2D eigenvalue weighted by atomic mass is 16.6. The van der Waals surface area contributed by atoms with Gasteiger partial charge in [0.1, 0.15) is 6.10 Å². The molecule has 20 heavy (non-hydrogen) atoms. The van der Waals surface area contributed by atoms with Crippen LogP contribution in [0.15, 0.2) is 11.6 Å². The summed E-state index contributed by atoms with van der Waals surface area (Å²) >= 11 is 0. The van der Waals surface area contributed by atoms with Gasteiger partial charge in [0.2, 0.25) is 11.6 Å². The van der Waals surface area contributed by atoms with Gasteiger partial charge in [0.25, 0.3) is 0 Å². The first-order valence-corrected chi connectivity index (χ1v) is 7.09. The van der Waals surface area contributed by atoms with Crippen LogP contribution in [-0.2, 0) is 9.53 Å². The van der Waals surface area contributed by atoms with Gasteiger partial charge in [-0.2, -0.15) is 0 Å². The maximum absolute atomic E-state index is 12.2. The number of allylic oxidation sites excluding steroid dienone is 1. The second-order valence-corrected chi connectivity index (χ2v) is 6.66. The van der Waals surface area contributed by atoms with E-state index in [4.69, 9.17) is 4.74 Å². The van der Waals surface area contributed by atoms with Gasteiger partial charge in [0.05, 0.1) is 11.7 Å². The molecule has 1 saturated carbocycles. The van der Waals surface area contributed by atoms with Crippen LogP contribution in [0.4, 0.5) is 0 Å². The van der Waals surface area contributed by atoms with E-state index < -0.39 is 35.3 Å². The van der Waals surface area contributed by atoms with Crippen LogP contribution < -0.4 is 0 Å². The first-order valence-electron chi connectivity index (χ1n) is 7.09. The van der Waals surface area contributed by atoms with Gasteiger partial charge in [-0.25, -0.2) is 0 Å². The Kier molecular flexibility index (Phi) is 3.84. The number of fused-ring (bicyclic) bond motifs is 1. The van der Waals surface area contributed by atoms with E-state index >= 15 is 0 Å². The number of aliphatic hydroxyl groups excluding tert-OH is 1. The molecule has 1 aliphatic carbocycles. The first-order chi connectivity index (χ1) is 9.09. The van der Waals surface area contributed by atoms with E-state index in [1.54, 1.807) is 27.7 Å². The lowest BCUT2D eigenvalue weighted by atomic mass is 9.71. The minimum atomic E-state index is -1.91. The Morgan fingerprint density at radius 2 is 1.95 bits per heavy atom. The minimum Gasteiger partial charge on any atom is -0.387 e. The number of hydrogen-bond acceptors (Lipinski definition) is 5. The van der Waals surface area contributed by atoms with E-state index in [0.717, 1.165) is 5.57 Å². The Balaban J connectivity index is 2.29. The molecule has 6 atom stereocenters. The van der Waals surface area contributed by atoms with Crippen LogP contribution in [0.2, 0.25) is 0 Å². The molecule has 2 aliphatic rings. The normalized spacial score (nSPS) is 47.8. The highest BCUT2D eigenvalue weighted by molar-refractivity contribution is 5.96. The highest BCUT2D eigenvalue weighted by Crippen LogP contribution is 2.48. The molecule has 5 heteroatoms. The Hall–Kier alpha value is -0.750. The summed E-state index contributed by atoms with van der Waals surface area (Å²) in [6.45, 7) is 6.85. The number of hydrogen-bond donors (Lipinski definition) is 3. The van der Waals surface area contributed by atoms with Crippen molar-refractivity contribution in [2.45, 2.75) is 64.1 Å². The molecule has 0 radical (unpaired) electrons. The molecule has 5 nitrogen and oxygen atoms in total. The molecule has 0 unspecified atom stereocenters. The summed E-state index contributed by atoms with van der Waals surface area (Å²) in [4.78, 5) is 12.2. The van der Waals surface area contributed by atoms with Crippen LogP contribution in [-0.4, -0.2) is 44.7 Å². The van der Waals surface area contributed by atoms with Crippen molar-refractivity contribution in [1.82, 2.24) is 0 Å². The monoisotopic (exact) mass is 284 g/mol. The van der Waals surface area contributed by atoms with Gasteiger partial charge in [-0.1, -0.05) is 12.5 Å². The zero-order valence-corrected chi connectivity index (χ0v) is 12.5. The molecule has 3 N–H and O–H groups in total. The van der Waals surface area contributed by atoms with Gasteiger partial charge in [0.15, 0.2) is 0 Å². The summed E-state index contributed by atoms with van der Waals surface area (Å²) in [7, 11) is 0. The molecule has 0 amide bonds. The molecule has 1 heterocycles. The van der Waals surface area contributed by atoms with E-state index in [1.807, 2.05) is 0 Å². The lowest BCUT2D eigenvalue weighted by Crippen LogP contribution is -2.53. The van der Waals surface area contributed by atoms with Crippen LogP contribution in [0.1, 0.15) is 40.5 Å². The molecule has 1 aliphatic heterocycles. The van der Waals surface area contributed by atoms with Gasteiger partial charge < -0.3 is 20.1 Å². The van der Waals surface area contributed by atoms with Crippen molar-refractivity contribution in [3.05, 3.63) is 11.6 Å². The summed E-state index contributed by atoms with van der Waals surface area (Å²) in [6.07, 6.45) is 0.583. The summed E-state index contributed by atoms with van der Waals surface area (Å²) in [5.74, 6) is -2.95. The van der Waals surface area contributed by atoms with Gasteiger partial charge in [-0.3, -0.25) is 4.79 Å². The number of carbonyl (C=O) groups is 1.